The average Bonchev–Trinajstić information content (AvgIpc) is 2.29. The van der Waals surface area contributed by atoms with E-state index < -0.39 is 6.10 Å². The van der Waals surface area contributed by atoms with Crippen molar-refractivity contribution >= 4 is 0 Å². The zero-order valence-corrected chi connectivity index (χ0v) is 9.64. The maximum atomic E-state index is 10.2. The molecule has 0 fully saturated rings. The van der Waals surface area contributed by atoms with Crippen LogP contribution >= 0.6 is 0 Å². The lowest BCUT2D eigenvalue weighted by atomic mass is 9.99. The van der Waals surface area contributed by atoms with E-state index in [1.165, 1.54) is 11.1 Å². The van der Waals surface area contributed by atoms with E-state index in [1.54, 1.807) is 0 Å². The van der Waals surface area contributed by atoms with Crippen LogP contribution in [0.4, 0.5) is 0 Å². The van der Waals surface area contributed by atoms with Gasteiger partial charge in [0.25, 0.3) is 0 Å². The van der Waals surface area contributed by atoms with Crippen LogP contribution in [0.5, 0.6) is 0 Å². The molecule has 0 radical (unpaired) electrons. The Labute approximate surface area is 96.4 Å². The lowest BCUT2D eigenvalue weighted by molar-refractivity contribution is 0.220. The number of rotatable bonds is 2. The van der Waals surface area contributed by atoms with Crippen molar-refractivity contribution in [2.45, 2.75) is 20.0 Å². The number of aryl methyl sites for hydroxylation is 2. The Balaban J connectivity index is 2.31. The number of hydrogen-bond donors (Lipinski definition) is 1. The smallest absolute Gasteiger partial charge is 0.104 e. The third-order valence-corrected chi connectivity index (χ3v) is 2.75. The van der Waals surface area contributed by atoms with E-state index in [9.17, 15) is 5.11 Å². The molecule has 0 amide bonds. The van der Waals surface area contributed by atoms with Crippen LogP contribution in [-0.4, -0.2) is 5.11 Å². The maximum absolute atomic E-state index is 10.2. The Morgan fingerprint density at radius 1 is 0.812 bits per heavy atom. The number of hydrogen-bond acceptors (Lipinski definition) is 1. The minimum absolute atomic E-state index is 0.527. The van der Waals surface area contributed by atoms with Crippen molar-refractivity contribution in [3.05, 3.63) is 70.8 Å². The summed E-state index contributed by atoms with van der Waals surface area (Å²) in [6, 6.07) is 16.0. The molecule has 16 heavy (non-hydrogen) atoms. The molecule has 0 aliphatic carbocycles. The quantitative estimate of drug-likeness (QED) is 0.809. The summed E-state index contributed by atoms with van der Waals surface area (Å²) in [4.78, 5) is 0. The molecule has 1 nitrogen and oxygen atoms in total. The van der Waals surface area contributed by atoms with Gasteiger partial charge in [0.15, 0.2) is 0 Å². The summed E-state index contributed by atoms with van der Waals surface area (Å²) in [5.41, 5.74) is 4.27. The first kappa shape index (κ1) is 10.9. The number of benzene rings is 2. The summed E-state index contributed by atoms with van der Waals surface area (Å²) in [5.74, 6) is 0. The number of aliphatic hydroxyl groups is 1. The minimum Gasteiger partial charge on any atom is -0.384 e. The first-order valence-corrected chi connectivity index (χ1v) is 5.48. The van der Waals surface area contributed by atoms with Crippen LogP contribution in [0.15, 0.2) is 48.5 Å². The third-order valence-electron chi connectivity index (χ3n) is 2.75. The normalized spacial score (nSPS) is 12.4. The zero-order chi connectivity index (χ0) is 11.5. The SMILES string of the molecule is Cc1ccc(C(O)c2cccc(C)c2)cc1. The molecule has 2 aromatic rings. The van der Waals surface area contributed by atoms with Gasteiger partial charge in [0.1, 0.15) is 6.10 Å². The molecule has 0 saturated carbocycles. The van der Waals surface area contributed by atoms with E-state index >= 15 is 0 Å². The highest BCUT2D eigenvalue weighted by atomic mass is 16.3. The van der Waals surface area contributed by atoms with Crippen molar-refractivity contribution in [2.75, 3.05) is 0 Å². The molecule has 0 aliphatic heterocycles. The molecule has 0 spiro atoms. The molecular weight excluding hydrogens is 196 g/mol. The molecule has 0 aliphatic rings. The van der Waals surface area contributed by atoms with Gasteiger partial charge < -0.3 is 5.11 Å². The molecule has 1 N–H and O–H groups in total. The van der Waals surface area contributed by atoms with Crippen molar-refractivity contribution < 1.29 is 5.11 Å². The number of aliphatic hydroxyl groups excluding tert-OH is 1. The van der Waals surface area contributed by atoms with E-state index in [-0.39, 0.29) is 0 Å². The lowest BCUT2D eigenvalue weighted by Gasteiger charge is -2.12. The fourth-order valence-corrected chi connectivity index (χ4v) is 1.78. The minimum atomic E-state index is -0.527. The van der Waals surface area contributed by atoms with E-state index in [1.807, 2.05) is 62.4 Å². The van der Waals surface area contributed by atoms with Crippen molar-refractivity contribution in [3.63, 3.8) is 0 Å². The predicted octanol–water partition coefficient (Wildman–Crippen LogP) is 3.39. The van der Waals surface area contributed by atoms with Crippen LogP contribution in [0.2, 0.25) is 0 Å². The lowest BCUT2D eigenvalue weighted by Crippen LogP contribution is -1.99. The van der Waals surface area contributed by atoms with Crippen molar-refractivity contribution in [2.24, 2.45) is 0 Å². The van der Waals surface area contributed by atoms with E-state index in [4.69, 9.17) is 0 Å². The summed E-state index contributed by atoms with van der Waals surface area (Å²) in [6.07, 6.45) is -0.527. The van der Waals surface area contributed by atoms with Gasteiger partial charge in [-0.15, -0.1) is 0 Å². The molecule has 1 heteroatoms. The van der Waals surface area contributed by atoms with Crippen LogP contribution in [0.1, 0.15) is 28.4 Å². The fourth-order valence-electron chi connectivity index (χ4n) is 1.78. The van der Waals surface area contributed by atoms with Crippen LogP contribution in [0, 0.1) is 13.8 Å². The van der Waals surface area contributed by atoms with Gasteiger partial charge in [-0.1, -0.05) is 59.7 Å². The first-order chi connectivity index (χ1) is 7.66. The van der Waals surface area contributed by atoms with Crippen molar-refractivity contribution in [3.8, 4) is 0 Å². The molecule has 0 aromatic heterocycles. The molecule has 1 atom stereocenters. The maximum Gasteiger partial charge on any atom is 0.104 e. The summed E-state index contributed by atoms with van der Waals surface area (Å²) in [6.45, 7) is 4.08. The molecule has 0 saturated heterocycles. The topological polar surface area (TPSA) is 20.2 Å². The Hall–Kier alpha value is -1.60. The Morgan fingerprint density at radius 3 is 2.12 bits per heavy atom. The van der Waals surface area contributed by atoms with Gasteiger partial charge in [0.05, 0.1) is 0 Å². The van der Waals surface area contributed by atoms with Crippen molar-refractivity contribution in [1.29, 1.82) is 0 Å². The highest BCUT2D eigenvalue weighted by Crippen LogP contribution is 2.22. The van der Waals surface area contributed by atoms with Gasteiger partial charge in [-0.25, -0.2) is 0 Å². The Kier molecular flexibility index (Phi) is 3.07. The van der Waals surface area contributed by atoms with E-state index in [0.717, 1.165) is 11.1 Å². The van der Waals surface area contributed by atoms with Crippen LogP contribution < -0.4 is 0 Å². The second-order valence-electron chi connectivity index (χ2n) is 4.23. The molecule has 1 unspecified atom stereocenters. The monoisotopic (exact) mass is 212 g/mol. The second-order valence-corrected chi connectivity index (χ2v) is 4.23. The molecule has 0 heterocycles. The standard InChI is InChI=1S/C15H16O/c1-11-6-8-13(9-7-11)15(16)14-5-3-4-12(2)10-14/h3-10,15-16H,1-2H3. The summed E-state index contributed by atoms with van der Waals surface area (Å²) < 4.78 is 0. The van der Waals surface area contributed by atoms with Crippen LogP contribution in [0.25, 0.3) is 0 Å². The zero-order valence-electron chi connectivity index (χ0n) is 9.64. The highest BCUT2D eigenvalue weighted by molar-refractivity contribution is 5.33. The molecule has 82 valence electrons. The molecular formula is C15H16O. The fraction of sp³-hybridized carbons (Fsp3) is 0.200. The Morgan fingerprint density at radius 2 is 1.50 bits per heavy atom. The summed E-state index contributed by atoms with van der Waals surface area (Å²) in [5, 5.41) is 10.2. The van der Waals surface area contributed by atoms with Crippen LogP contribution in [0.3, 0.4) is 0 Å². The van der Waals surface area contributed by atoms with E-state index in [0.29, 0.717) is 0 Å². The molecule has 2 rings (SSSR count). The van der Waals surface area contributed by atoms with Crippen LogP contribution in [-0.2, 0) is 0 Å². The molecule has 0 bridgehead atoms. The summed E-state index contributed by atoms with van der Waals surface area (Å²) >= 11 is 0. The predicted molar refractivity (Wildman–Crippen MR) is 66.4 cm³/mol. The van der Waals surface area contributed by atoms with E-state index in [2.05, 4.69) is 0 Å². The van der Waals surface area contributed by atoms with Gasteiger partial charge in [0, 0.05) is 0 Å². The molecule has 2 aromatic carbocycles. The average molecular weight is 212 g/mol. The Bertz CT molecular complexity index is 471. The highest BCUT2D eigenvalue weighted by Gasteiger charge is 2.09. The first-order valence-electron chi connectivity index (χ1n) is 5.48. The van der Waals surface area contributed by atoms with Gasteiger partial charge in [0.2, 0.25) is 0 Å². The summed E-state index contributed by atoms with van der Waals surface area (Å²) in [7, 11) is 0. The van der Waals surface area contributed by atoms with Gasteiger partial charge >= 0.3 is 0 Å². The largest absolute Gasteiger partial charge is 0.384 e. The van der Waals surface area contributed by atoms with Gasteiger partial charge in [-0.2, -0.15) is 0 Å². The third kappa shape index (κ3) is 2.31. The van der Waals surface area contributed by atoms with Gasteiger partial charge in [-0.05, 0) is 25.0 Å². The van der Waals surface area contributed by atoms with Gasteiger partial charge in [-0.3, -0.25) is 0 Å². The second kappa shape index (κ2) is 4.50. The van der Waals surface area contributed by atoms with Crippen molar-refractivity contribution in [1.82, 2.24) is 0 Å².